The maximum Gasteiger partial charge on any atom is 0.261 e. The molecule has 1 N–H and O–H groups in total. The van der Waals surface area contributed by atoms with Crippen molar-refractivity contribution in [2.75, 3.05) is 5.32 Å². The first-order valence-electron chi connectivity index (χ1n) is 9.87. The molecule has 0 spiro atoms. The molecule has 1 aliphatic heterocycles. The van der Waals surface area contributed by atoms with Crippen molar-refractivity contribution in [3.63, 3.8) is 0 Å². The van der Waals surface area contributed by atoms with Crippen LogP contribution >= 0.6 is 0 Å². The first kappa shape index (κ1) is 18.4. The molecule has 5 nitrogen and oxygen atoms in total. The summed E-state index contributed by atoms with van der Waals surface area (Å²) in [6, 6.07) is 10.5. The summed E-state index contributed by atoms with van der Waals surface area (Å²) >= 11 is 0. The lowest BCUT2D eigenvalue weighted by atomic mass is 9.94. The van der Waals surface area contributed by atoms with E-state index in [1.54, 1.807) is 18.2 Å². The molecule has 1 saturated carbocycles. The summed E-state index contributed by atoms with van der Waals surface area (Å²) in [5.41, 5.74) is 3.97. The van der Waals surface area contributed by atoms with Gasteiger partial charge in [-0.05, 0) is 62.1 Å². The Kier molecular flexibility index (Phi) is 4.75. The van der Waals surface area contributed by atoms with Gasteiger partial charge in [0.15, 0.2) is 0 Å². The van der Waals surface area contributed by atoms with Crippen LogP contribution in [0.1, 0.15) is 74.3 Å². The quantitative estimate of drug-likeness (QED) is 0.803. The van der Waals surface area contributed by atoms with Gasteiger partial charge < -0.3 is 5.32 Å². The Morgan fingerprint density at radius 1 is 0.964 bits per heavy atom. The van der Waals surface area contributed by atoms with Gasteiger partial charge in [-0.25, -0.2) is 0 Å². The lowest BCUT2D eigenvalue weighted by Crippen LogP contribution is -2.40. The van der Waals surface area contributed by atoms with E-state index in [0.717, 1.165) is 48.9 Å². The molecule has 1 fully saturated rings. The molecule has 1 heterocycles. The Labute approximate surface area is 164 Å². The molecule has 4 rings (SSSR count). The topological polar surface area (TPSA) is 66.5 Å². The number of carbonyl (C=O) groups is 3. The molecule has 1 aliphatic carbocycles. The van der Waals surface area contributed by atoms with Crippen LogP contribution in [0.5, 0.6) is 0 Å². The molecule has 28 heavy (non-hydrogen) atoms. The van der Waals surface area contributed by atoms with E-state index in [9.17, 15) is 14.4 Å². The van der Waals surface area contributed by atoms with Gasteiger partial charge in [0.05, 0.1) is 11.1 Å². The third kappa shape index (κ3) is 3.11. The number of nitrogens with one attached hydrogen (secondary N) is 1. The second-order valence-corrected chi connectivity index (χ2v) is 7.73. The van der Waals surface area contributed by atoms with Crippen molar-refractivity contribution < 1.29 is 14.4 Å². The lowest BCUT2D eigenvalue weighted by Gasteiger charge is -2.29. The number of rotatable bonds is 3. The summed E-state index contributed by atoms with van der Waals surface area (Å²) in [4.78, 5) is 39.8. The van der Waals surface area contributed by atoms with Crippen molar-refractivity contribution in [3.8, 4) is 0 Å². The SMILES string of the molecule is Cc1cccc(NC(=O)c2ccc3c(c2)C(=O)N(C2CCCCC2)C3=O)c1C. The first-order valence-corrected chi connectivity index (χ1v) is 9.87. The van der Waals surface area contributed by atoms with Crippen LogP contribution < -0.4 is 5.32 Å². The zero-order valence-corrected chi connectivity index (χ0v) is 16.2. The number of amides is 3. The predicted octanol–water partition coefficient (Wildman–Crippen LogP) is 4.48. The van der Waals surface area contributed by atoms with Crippen molar-refractivity contribution in [1.29, 1.82) is 0 Å². The Morgan fingerprint density at radius 2 is 1.68 bits per heavy atom. The van der Waals surface area contributed by atoms with Crippen molar-refractivity contribution in [2.45, 2.75) is 52.0 Å². The molecular weight excluding hydrogens is 352 g/mol. The molecule has 0 atom stereocenters. The summed E-state index contributed by atoms with van der Waals surface area (Å²) in [6.45, 7) is 3.95. The number of nitrogens with zero attached hydrogens (tertiary/aromatic N) is 1. The number of imide groups is 1. The molecule has 0 bridgehead atoms. The van der Waals surface area contributed by atoms with Gasteiger partial charge in [0.2, 0.25) is 0 Å². The third-order valence-electron chi connectivity index (χ3n) is 5.97. The fourth-order valence-electron chi connectivity index (χ4n) is 4.15. The molecule has 3 amide bonds. The van der Waals surface area contributed by atoms with Gasteiger partial charge in [-0.2, -0.15) is 0 Å². The van der Waals surface area contributed by atoms with Gasteiger partial charge >= 0.3 is 0 Å². The van der Waals surface area contributed by atoms with Gasteiger partial charge in [0, 0.05) is 17.3 Å². The highest BCUT2D eigenvalue weighted by atomic mass is 16.2. The molecule has 2 aromatic carbocycles. The largest absolute Gasteiger partial charge is 0.322 e. The van der Waals surface area contributed by atoms with Gasteiger partial charge in [0.25, 0.3) is 17.7 Å². The number of carbonyl (C=O) groups excluding carboxylic acids is 3. The fourth-order valence-corrected chi connectivity index (χ4v) is 4.15. The number of aryl methyl sites for hydroxylation is 1. The molecule has 0 unspecified atom stereocenters. The van der Waals surface area contributed by atoms with Crippen molar-refractivity contribution in [2.24, 2.45) is 0 Å². The number of fused-ring (bicyclic) bond motifs is 1. The summed E-state index contributed by atoms with van der Waals surface area (Å²) in [7, 11) is 0. The average Bonchev–Trinajstić information content (AvgIpc) is 2.96. The Balaban J connectivity index is 1.59. The molecule has 0 saturated heterocycles. The molecule has 0 aromatic heterocycles. The van der Waals surface area contributed by atoms with Crippen LogP contribution in [-0.4, -0.2) is 28.7 Å². The standard InChI is InChI=1S/C23H24N2O3/c1-14-7-6-10-20(15(14)2)24-21(26)16-11-12-18-19(13-16)23(28)25(22(18)27)17-8-4-3-5-9-17/h6-7,10-13,17H,3-5,8-9H2,1-2H3,(H,24,26). The molecular formula is C23H24N2O3. The summed E-state index contributed by atoms with van der Waals surface area (Å²) < 4.78 is 0. The van der Waals surface area contributed by atoms with Gasteiger partial charge in [-0.15, -0.1) is 0 Å². The van der Waals surface area contributed by atoms with Gasteiger partial charge in [-0.1, -0.05) is 31.4 Å². The maximum atomic E-state index is 12.9. The second kappa shape index (κ2) is 7.23. The normalized spacial score (nSPS) is 17.0. The Morgan fingerprint density at radius 3 is 2.43 bits per heavy atom. The number of benzene rings is 2. The Bertz CT molecular complexity index is 974. The minimum Gasteiger partial charge on any atom is -0.322 e. The first-order chi connectivity index (χ1) is 13.5. The monoisotopic (exact) mass is 376 g/mol. The van der Waals surface area contributed by atoms with Crippen LogP contribution in [0.2, 0.25) is 0 Å². The number of hydrogen-bond donors (Lipinski definition) is 1. The van der Waals surface area contributed by atoms with Crippen LogP contribution in [-0.2, 0) is 0 Å². The molecule has 0 radical (unpaired) electrons. The second-order valence-electron chi connectivity index (χ2n) is 7.73. The van der Waals surface area contributed by atoms with Crippen molar-refractivity contribution in [3.05, 3.63) is 64.2 Å². The zero-order valence-electron chi connectivity index (χ0n) is 16.2. The minimum atomic E-state index is -0.284. The molecule has 5 heteroatoms. The fraction of sp³-hybridized carbons (Fsp3) is 0.348. The van der Waals surface area contributed by atoms with Crippen LogP contribution in [0, 0.1) is 13.8 Å². The lowest BCUT2D eigenvalue weighted by molar-refractivity contribution is 0.0549. The van der Waals surface area contributed by atoms with E-state index in [4.69, 9.17) is 0 Å². The van der Waals surface area contributed by atoms with Crippen molar-refractivity contribution >= 4 is 23.4 Å². The van der Waals surface area contributed by atoms with Crippen LogP contribution in [0.4, 0.5) is 5.69 Å². The van der Waals surface area contributed by atoms with E-state index in [0.29, 0.717) is 16.7 Å². The van der Waals surface area contributed by atoms with E-state index in [1.807, 2.05) is 32.0 Å². The number of anilines is 1. The summed E-state index contributed by atoms with van der Waals surface area (Å²) in [5, 5.41) is 2.91. The van der Waals surface area contributed by atoms with E-state index < -0.39 is 0 Å². The van der Waals surface area contributed by atoms with E-state index in [-0.39, 0.29) is 23.8 Å². The number of hydrogen-bond acceptors (Lipinski definition) is 3. The summed E-state index contributed by atoms with van der Waals surface area (Å²) in [5.74, 6) is -0.783. The highest BCUT2D eigenvalue weighted by Gasteiger charge is 2.40. The minimum absolute atomic E-state index is 0.0200. The van der Waals surface area contributed by atoms with Gasteiger partial charge in [0.1, 0.15) is 0 Å². The highest BCUT2D eigenvalue weighted by molar-refractivity contribution is 6.22. The van der Waals surface area contributed by atoms with E-state index in [2.05, 4.69) is 5.32 Å². The maximum absolute atomic E-state index is 12.9. The molecule has 2 aromatic rings. The van der Waals surface area contributed by atoms with E-state index >= 15 is 0 Å². The third-order valence-corrected chi connectivity index (χ3v) is 5.97. The summed E-state index contributed by atoms with van der Waals surface area (Å²) in [6.07, 6.45) is 4.97. The van der Waals surface area contributed by atoms with Crippen LogP contribution in [0.3, 0.4) is 0 Å². The van der Waals surface area contributed by atoms with Gasteiger partial charge in [-0.3, -0.25) is 19.3 Å². The average molecular weight is 376 g/mol. The molecule has 2 aliphatic rings. The van der Waals surface area contributed by atoms with Crippen molar-refractivity contribution in [1.82, 2.24) is 4.90 Å². The van der Waals surface area contributed by atoms with Crippen LogP contribution in [0.15, 0.2) is 36.4 Å². The Hall–Kier alpha value is -2.95. The zero-order chi connectivity index (χ0) is 19.8. The highest BCUT2D eigenvalue weighted by Crippen LogP contribution is 2.31. The predicted molar refractivity (Wildman–Crippen MR) is 108 cm³/mol. The van der Waals surface area contributed by atoms with Crippen LogP contribution in [0.25, 0.3) is 0 Å². The van der Waals surface area contributed by atoms with E-state index in [1.165, 1.54) is 4.90 Å². The molecule has 144 valence electrons. The smallest absolute Gasteiger partial charge is 0.261 e.